The van der Waals surface area contributed by atoms with E-state index in [0.717, 1.165) is 16.7 Å². The molecule has 0 aliphatic rings. The molecule has 0 fully saturated rings. The van der Waals surface area contributed by atoms with Gasteiger partial charge in [0.1, 0.15) is 0 Å². The van der Waals surface area contributed by atoms with Gasteiger partial charge in [0.2, 0.25) is 0 Å². The molecular weight excluding hydrogens is 350 g/mol. The lowest BCUT2D eigenvalue weighted by molar-refractivity contribution is -0.153. The van der Waals surface area contributed by atoms with Gasteiger partial charge in [-0.15, -0.1) is 0 Å². The Morgan fingerprint density at radius 2 is 1.46 bits per heavy atom. The Bertz CT molecular complexity index is 923. The maximum absolute atomic E-state index is 12.5. The Hall–Kier alpha value is -3.40. The second-order valence-corrected chi connectivity index (χ2v) is 6.52. The van der Waals surface area contributed by atoms with E-state index in [4.69, 9.17) is 4.74 Å². The standard InChI is InChI=1S/C24H23NO3/c1-18(28-23(26)17-16-19-10-4-2-5-11-19)24(27)25-22-15-9-8-14-21(22)20-12-6-3-7-13-20/h2-15,18H,16-17H2,1H3,(H,25,27)/t18-/m0/s1. The highest BCUT2D eigenvalue weighted by Crippen LogP contribution is 2.27. The van der Waals surface area contributed by atoms with Crippen LogP contribution >= 0.6 is 0 Å². The molecule has 0 spiro atoms. The van der Waals surface area contributed by atoms with Gasteiger partial charge >= 0.3 is 5.97 Å². The van der Waals surface area contributed by atoms with Crippen molar-refractivity contribution in [1.29, 1.82) is 0 Å². The molecule has 3 aromatic carbocycles. The molecule has 4 nitrogen and oxygen atoms in total. The summed E-state index contributed by atoms with van der Waals surface area (Å²) in [6.07, 6.45) is -0.0419. The Morgan fingerprint density at radius 1 is 0.857 bits per heavy atom. The molecule has 1 N–H and O–H groups in total. The molecular formula is C24H23NO3. The molecule has 3 rings (SSSR count). The molecule has 0 radical (unpaired) electrons. The number of aryl methyl sites for hydroxylation is 1. The number of para-hydroxylation sites is 1. The molecule has 28 heavy (non-hydrogen) atoms. The lowest BCUT2D eigenvalue weighted by Crippen LogP contribution is -2.30. The second kappa shape index (κ2) is 9.51. The third kappa shape index (κ3) is 5.30. The van der Waals surface area contributed by atoms with Crippen molar-refractivity contribution in [1.82, 2.24) is 0 Å². The first-order chi connectivity index (χ1) is 13.6. The van der Waals surface area contributed by atoms with E-state index in [-0.39, 0.29) is 18.3 Å². The normalized spacial score (nSPS) is 11.5. The van der Waals surface area contributed by atoms with Crippen LogP contribution in [-0.2, 0) is 20.7 Å². The maximum Gasteiger partial charge on any atom is 0.306 e. The highest BCUT2D eigenvalue weighted by atomic mass is 16.5. The summed E-state index contributed by atoms with van der Waals surface area (Å²) >= 11 is 0. The number of anilines is 1. The van der Waals surface area contributed by atoms with Crippen molar-refractivity contribution < 1.29 is 14.3 Å². The number of benzene rings is 3. The smallest absolute Gasteiger partial charge is 0.306 e. The van der Waals surface area contributed by atoms with Crippen LogP contribution in [0.4, 0.5) is 5.69 Å². The maximum atomic E-state index is 12.5. The summed E-state index contributed by atoms with van der Waals surface area (Å²) < 4.78 is 5.30. The monoisotopic (exact) mass is 373 g/mol. The van der Waals surface area contributed by atoms with E-state index in [1.165, 1.54) is 0 Å². The Labute approximate surface area is 165 Å². The first-order valence-corrected chi connectivity index (χ1v) is 9.32. The molecule has 0 saturated heterocycles. The summed E-state index contributed by atoms with van der Waals surface area (Å²) in [4.78, 5) is 24.6. The van der Waals surface area contributed by atoms with E-state index in [0.29, 0.717) is 12.1 Å². The number of nitrogens with one attached hydrogen (secondary N) is 1. The summed E-state index contributed by atoms with van der Waals surface area (Å²) in [5, 5.41) is 2.87. The number of esters is 1. The van der Waals surface area contributed by atoms with Crippen LogP contribution in [-0.4, -0.2) is 18.0 Å². The zero-order valence-corrected chi connectivity index (χ0v) is 15.8. The van der Waals surface area contributed by atoms with Gasteiger partial charge in [0.05, 0.1) is 0 Å². The van der Waals surface area contributed by atoms with Crippen molar-refractivity contribution in [3.05, 3.63) is 90.5 Å². The molecule has 0 unspecified atom stereocenters. The Balaban J connectivity index is 1.58. The van der Waals surface area contributed by atoms with Crippen molar-refractivity contribution in [2.75, 3.05) is 5.32 Å². The van der Waals surface area contributed by atoms with Crippen molar-refractivity contribution in [2.24, 2.45) is 0 Å². The molecule has 0 aliphatic heterocycles. The zero-order valence-electron chi connectivity index (χ0n) is 15.8. The average Bonchev–Trinajstić information content (AvgIpc) is 2.74. The van der Waals surface area contributed by atoms with Crippen LogP contribution in [0, 0.1) is 0 Å². The molecule has 0 bridgehead atoms. The zero-order chi connectivity index (χ0) is 19.8. The average molecular weight is 373 g/mol. The SMILES string of the molecule is C[C@H](OC(=O)CCc1ccccc1)C(=O)Nc1ccccc1-c1ccccc1. The van der Waals surface area contributed by atoms with Crippen molar-refractivity contribution in [2.45, 2.75) is 25.9 Å². The fraction of sp³-hybridized carbons (Fsp3) is 0.167. The Kier molecular flexibility index (Phi) is 6.58. The molecule has 0 aromatic heterocycles. The highest BCUT2D eigenvalue weighted by Gasteiger charge is 2.19. The van der Waals surface area contributed by atoms with E-state index < -0.39 is 6.10 Å². The first kappa shape index (κ1) is 19.4. The first-order valence-electron chi connectivity index (χ1n) is 9.32. The van der Waals surface area contributed by atoms with Gasteiger partial charge in [-0.2, -0.15) is 0 Å². The number of hydrogen-bond donors (Lipinski definition) is 1. The van der Waals surface area contributed by atoms with Crippen LogP contribution in [0.3, 0.4) is 0 Å². The minimum atomic E-state index is -0.868. The molecule has 0 saturated carbocycles. The summed E-state index contributed by atoms with van der Waals surface area (Å²) in [5.74, 6) is -0.737. The van der Waals surface area contributed by atoms with E-state index in [1.807, 2.05) is 84.9 Å². The second-order valence-electron chi connectivity index (χ2n) is 6.52. The van der Waals surface area contributed by atoms with Gasteiger partial charge in [0.15, 0.2) is 6.10 Å². The number of carbonyl (C=O) groups is 2. The Morgan fingerprint density at radius 3 is 2.18 bits per heavy atom. The van der Waals surface area contributed by atoms with Crippen LogP contribution < -0.4 is 5.32 Å². The van der Waals surface area contributed by atoms with Crippen LogP contribution in [0.25, 0.3) is 11.1 Å². The third-order valence-corrected chi connectivity index (χ3v) is 4.41. The number of amides is 1. The number of carbonyl (C=O) groups excluding carboxylic acids is 2. The van der Waals surface area contributed by atoms with E-state index >= 15 is 0 Å². The largest absolute Gasteiger partial charge is 0.453 e. The molecule has 0 heterocycles. The fourth-order valence-corrected chi connectivity index (χ4v) is 2.90. The molecule has 1 atom stereocenters. The van der Waals surface area contributed by atoms with Crippen molar-refractivity contribution in [3.8, 4) is 11.1 Å². The van der Waals surface area contributed by atoms with Gasteiger partial charge in [-0.1, -0.05) is 78.9 Å². The minimum Gasteiger partial charge on any atom is -0.453 e. The summed E-state index contributed by atoms with van der Waals surface area (Å²) in [6.45, 7) is 1.58. The summed E-state index contributed by atoms with van der Waals surface area (Å²) in [6, 6.07) is 27.1. The molecule has 142 valence electrons. The van der Waals surface area contributed by atoms with Crippen LogP contribution in [0.1, 0.15) is 18.9 Å². The number of rotatable bonds is 7. The fourth-order valence-electron chi connectivity index (χ4n) is 2.90. The predicted molar refractivity (Wildman–Crippen MR) is 111 cm³/mol. The lowest BCUT2D eigenvalue weighted by atomic mass is 10.0. The molecule has 4 heteroatoms. The van der Waals surface area contributed by atoms with Crippen molar-refractivity contribution >= 4 is 17.6 Å². The van der Waals surface area contributed by atoms with E-state index in [2.05, 4.69) is 5.32 Å². The third-order valence-electron chi connectivity index (χ3n) is 4.41. The van der Waals surface area contributed by atoms with Gasteiger partial charge in [-0.05, 0) is 30.5 Å². The minimum absolute atomic E-state index is 0.238. The van der Waals surface area contributed by atoms with Gasteiger partial charge in [0, 0.05) is 17.7 Å². The molecule has 1 amide bonds. The van der Waals surface area contributed by atoms with Gasteiger partial charge in [0.25, 0.3) is 5.91 Å². The van der Waals surface area contributed by atoms with Gasteiger partial charge in [-0.25, -0.2) is 0 Å². The van der Waals surface area contributed by atoms with E-state index in [1.54, 1.807) is 6.92 Å². The predicted octanol–water partition coefficient (Wildman–Crippen LogP) is 4.86. The van der Waals surface area contributed by atoms with Crippen LogP contribution in [0.2, 0.25) is 0 Å². The summed E-state index contributed by atoms with van der Waals surface area (Å²) in [7, 11) is 0. The topological polar surface area (TPSA) is 55.4 Å². The van der Waals surface area contributed by atoms with E-state index in [9.17, 15) is 9.59 Å². The number of hydrogen-bond acceptors (Lipinski definition) is 3. The highest BCUT2D eigenvalue weighted by molar-refractivity contribution is 5.98. The quantitative estimate of drug-likeness (QED) is 0.602. The van der Waals surface area contributed by atoms with Crippen LogP contribution in [0.5, 0.6) is 0 Å². The molecule has 3 aromatic rings. The van der Waals surface area contributed by atoms with Crippen LogP contribution in [0.15, 0.2) is 84.9 Å². The molecule has 0 aliphatic carbocycles. The van der Waals surface area contributed by atoms with Crippen molar-refractivity contribution in [3.63, 3.8) is 0 Å². The summed E-state index contributed by atoms with van der Waals surface area (Å²) in [5.41, 5.74) is 3.67. The van der Waals surface area contributed by atoms with Gasteiger partial charge < -0.3 is 10.1 Å². The number of ether oxygens (including phenoxy) is 1. The van der Waals surface area contributed by atoms with Gasteiger partial charge in [-0.3, -0.25) is 9.59 Å². The lowest BCUT2D eigenvalue weighted by Gasteiger charge is -2.16.